The second-order valence-corrected chi connectivity index (χ2v) is 2.87. The van der Waals surface area contributed by atoms with E-state index in [1.807, 2.05) is 0 Å². The topological polar surface area (TPSA) is 41.5 Å². The zero-order valence-electron chi connectivity index (χ0n) is 7.00. The molecule has 0 saturated heterocycles. The van der Waals surface area contributed by atoms with Crippen molar-refractivity contribution in [2.75, 3.05) is 5.43 Å². The highest BCUT2D eigenvalue weighted by molar-refractivity contribution is 6.14. The van der Waals surface area contributed by atoms with Crippen molar-refractivity contribution in [1.29, 1.82) is 0 Å². The minimum Gasteiger partial charge on any atom is -0.287 e. The van der Waals surface area contributed by atoms with Crippen molar-refractivity contribution in [3.8, 4) is 0 Å². The Bertz CT molecular complexity index is 415. The standard InChI is InChI=1S/C9H6F2N2O/c10-9(11)5-12-13-7-4-2-1-3-6(7)8(9)14/h1-5,13H. The van der Waals surface area contributed by atoms with Gasteiger partial charge in [0.1, 0.15) is 6.21 Å². The molecule has 0 amide bonds. The van der Waals surface area contributed by atoms with Crippen molar-refractivity contribution in [3.63, 3.8) is 0 Å². The first kappa shape index (κ1) is 8.80. The third-order valence-electron chi connectivity index (χ3n) is 1.89. The third kappa shape index (κ3) is 1.26. The van der Waals surface area contributed by atoms with Crippen LogP contribution in [0.3, 0.4) is 0 Å². The number of fused-ring (bicyclic) bond motifs is 1. The summed E-state index contributed by atoms with van der Waals surface area (Å²) in [4.78, 5) is 11.3. The molecule has 0 unspecified atom stereocenters. The monoisotopic (exact) mass is 196 g/mol. The van der Waals surface area contributed by atoms with E-state index in [9.17, 15) is 13.6 Å². The molecule has 5 heteroatoms. The van der Waals surface area contributed by atoms with Crippen LogP contribution in [0.5, 0.6) is 0 Å². The van der Waals surface area contributed by atoms with Gasteiger partial charge in [-0.25, -0.2) is 0 Å². The van der Waals surface area contributed by atoms with Crippen molar-refractivity contribution < 1.29 is 13.6 Å². The molecule has 1 aromatic rings. The van der Waals surface area contributed by atoms with Gasteiger partial charge < -0.3 is 0 Å². The fourth-order valence-electron chi connectivity index (χ4n) is 1.20. The summed E-state index contributed by atoms with van der Waals surface area (Å²) in [6.45, 7) is 0. The highest BCUT2D eigenvalue weighted by Crippen LogP contribution is 2.26. The zero-order chi connectivity index (χ0) is 10.2. The number of carbonyl (C=O) groups is 1. The van der Waals surface area contributed by atoms with Gasteiger partial charge in [-0.1, -0.05) is 12.1 Å². The van der Waals surface area contributed by atoms with E-state index in [4.69, 9.17) is 0 Å². The number of hydrogen-bond donors (Lipinski definition) is 1. The molecule has 0 aliphatic carbocycles. The Balaban J connectivity index is 2.58. The zero-order valence-corrected chi connectivity index (χ0v) is 7.00. The first-order valence-corrected chi connectivity index (χ1v) is 3.93. The molecule has 72 valence electrons. The maximum Gasteiger partial charge on any atom is 0.346 e. The van der Waals surface area contributed by atoms with Crippen molar-refractivity contribution in [2.24, 2.45) is 5.10 Å². The number of ketones is 1. The number of anilines is 1. The molecule has 14 heavy (non-hydrogen) atoms. The van der Waals surface area contributed by atoms with Gasteiger partial charge in [0.15, 0.2) is 0 Å². The number of carbonyl (C=O) groups excluding carboxylic acids is 1. The highest BCUT2D eigenvalue weighted by Gasteiger charge is 2.40. The summed E-state index contributed by atoms with van der Waals surface area (Å²) in [5, 5.41) is 3.27. The normalized spacial score (nSPS) is 18.3. The van der Waals surface area contributed by atoms with Gasteiger partial charge in [-0.2, -0.15) is 13.9 Å². The van der Waals surface area contributed by atoms with Crippen LogP contribution in [0.1, 0.15) is 10.4 Å². The number of nitrogens with one attached hydrogen (secondary N) is 1. The summed E-state index contributed by atoms with van der Waals surface area (Å²) >= 11 is 0. The Hall–Kier alpha value is -1.78. The van der Waals surface area contributed by atoms with Crippen molar-refractivity contribution in [2.45, 2.75) is 5.92 Å². The molecule has 1 aliphatic rings. The predicted molar refractivity (Wildman–Crippen MR) is 47.8 cm³/mol. The van der Waals surface area contributed by atoms with E-state index in [1.54, 1.807) is 6.07 Å². The van der Waals surface area contributed by atoms with Crippen LogP contribution in [-0.4, -0.2) is 17.9 Å². The molecule has 0 radical (unpaired) electrons. The number of benzene rings is 1. The van der Waals surface area contributed by atoms with Crippen LogP contribution in [0, 0.1) is 0 Å². The van der Waals surface area contributed by atoms with Crippen LogP contribution in [0.4, 0.5) is 14.5 Å². The summed E-state index contributed by atoms with van der Waals surface area (Å²) < 4.78 is 26.0. The lowest BCUT2D eigenvalue weighted by Crippen LogP contribution is -2.29. The molecular weight excluding hydrogens is 190 g/mol. The van der Waals surface area contributed by atoms with Gasteiger partial charge in [0.05, 0.1) is 5.69 Å². The number of rotatable bonds is 0. The number of hydrazone groups is 1. The lowest BCUT2D eigenvalue weighted by atomic mass is 10.0. The lowest BCUT2D eigenvalue weighted by molar-refractivity contribution is 0.0497. The molecule has 0 aromatic heterocycles. The fourth-order valence-corrected chi connectivity index (χ4v) is 1.20. The molecule has 3 nitrogen and oxygen atoms in total. The van der Waals surface area contributed by atoms with Gasteiger partial charge in [0.2, 0.25) is 5.78 Å². The smallest absolute Gasteiger partial charge is 0.287 e. The Labute approximate surface area is 78.4 Å². The lowest BCUT2D eigenvalue weighted by Gasteiger charge is -2.07. The number of alkyl halides is 2. The van der Waals surface area contributed by atoms with Crippen molar-refractivity contribution in [1.82, 2.24) is 0 Å². The average Bonchev–Trinajstić information content (AvgIpc) is 2.27. The van der Waals surface area contributed by atoms with Gasteiger partial charge >= 0.3 is 5.92 Å². The van der Waals surface area contributed by atoms with Crippen molar-refractivity contribution in [3.05, 3.63) is 29.8 Å². The Morgan fingerprint density at radius 3 is 2.79 bits per heavy atom. The number of nitrogens with zero attached hydrogens (tertiary/aromatic N) is 1. The Kier molecular flexibility index (Phi) is 1.80. The summed E-state index contributed by atoms with van der Waals surface area (Å²) in [6.07, 6.45) is 0.315. The van der Waals surface area contributed by atoms with Crippen LogP contribution in [0.15, 0.2) is 29.4 Å². The van der Waals surface area contributed by atoms with Gasteiger partial charge in [-0.3, -0.25) is 10.2 Å². The first-order valence-electron chi connectivity index (χ1n) is 3.93. The number of hydrogen-bond acceptors (Lipinski definition) is 3. The molecular formula is C9H6F2N2O. The van der Waals surface area contributed by atoms with Crippen LogP contribution < -0.4 is 5.43 Å². The predicted octanol–water partition coefficient (Wildman–Crippen LogP) is 1.92. The quantitative estimate of drug-likeness (QED) is 0.688. The number of Topliss-reactive ketones (excluding diaryl/α,β-unsaturated/α-hetero) is 1. The molecule has 0 saturated carbocycles. The minimum atomic E-state index is -3.53. The maximum absolute atomic E-state index is 13.0. The van der Waals surface area contributed by atoms with Crippen LogP contribution >= 0.6 is 0 Å². The second kappa shape index (κ2) is 2.87. The van der Waals surface area contributed by atoms with Crippen LogP contribution in [0.25, 0.3) is 0 Å². The van der Waals surface area contributed by atoms with Crippen LogP contribution in [-0.2, 0) is 0 Å². The van der Waals surface area contributed by atoms with E-state index in [1.165, 1.54) is 18.2 Å². The molecule has 1 heterocycles. The van der Waals surface area contributed by atoms with E-state index < -0.39 is 11.7 Å². The van der Waals surface area contributed by atoms with Gasteiger partial charge in [0, 0.05) is 5.56 Å². The van der Waals surface area contributed by atoms with Gasteiger partial charge in [-0.15, -0.1) is 0 Å². The van der Waals surface area contributed by atoms with E-state index in [0.717, 1.165) is 0 Å². The van der Waals surface area contributed by atoms with Crippen LogP contribution in [0.2, 0.25) is 0 Å². The van der Waals surface area contributed by atoms with E-state index in [-0.39, 0.29) is 5.56 Å². The third-order valence-corrected chi connectivity index (χ3v) is 1.89. The molecule has 1 aromatic carbocycles. The Morgan fingerprint density at radius 1 is 1.29 bits per heavy atom. The molecule has 0 bridgehead atoms. The molecule has 0 spiro atoms. The maximum atomic E-state index is 13.0. The molecule has 0 atom stereocenters. The van der Waals surface area contributed by atoms with Crippen molar-refractivity contribution >= 4 is 17.7 Å². The molecule has 1 aliphatic heterocycles. The van der Waals surface area contributed by atoms with E-state index in [2.05, 4.69) is 10.5 Å². The number of para-hydroxylation sites is 1. The highest BCUT2D eigenvalue weighted by atomic mass is 19.3. The average molecular weight is 196 g/mol. The summed E-state index contributed by atoms with van der Waals surface area (Å²) in [7, 11) is 0. The molecule has 0 fully saturated rings. The first-order chi connectivity index (χ1) is 6.61. The SMILES string of the molecule is O=C1c2ccccc2NN=CC1(F)F. The van der Waals surface area contributed by atoms with Gasteiger partial charge in [0.25, 0.3) is 0 Å². The fraction of sp³-hybridized carbons (Fsp3) is 0.111. The molecule has 1 N–H and O–H groups in total. The summed E-state index contributed by atoms with van der Waals surface area (Å²) in [5.41, 5.74) is 2.63. The van der Waals surface area contributed by atoms with E-state index in [0.29, 0.717) is 11.9 Å². The summed E-state index contributed by atoms with van der Waals surface area (Å²) in [5.74, 6) is -4.76. The largest absolute Gasteiger partial charge is 0.346 e. The summed E-state index contributed by atoms with van der Waals surface area (Å²) in [6, 6.07) is 6.02. The molecule has 2 rings (SSSR count). The van der Waals surface area contributed by atoms with Gasteiger partial charge in [-0.05, 0) is 12.1 Å². The minimum absolute atomic E-state index is 0.0463. The number of halogens is 2. The second-order valence-electron chi connectivity index (χ2n) is 2.87. The Morgan fingerprint density at radius 2 is 2.00 bits per heavy atom. The van der Waals surface area contributed by atoms with E-state index >= 15 is 0 Å².